The Balaban J connectivity index is 1.93. The molecule has 2 heterocycles. The average Bonchev–Trinajstić information content (AvgIpc) is 3.08. The topological polar surface area (TPSA) is 59.5 Å². The Labute approximate surface area is 143 Å². The molecule has 0 N–H and O–H groups in total. The molecule has 1 fully saturated rings. The highest BCUT2D eigenvalue weighted by Crippen LogP contribution is 2.37. The van der Waals surface area contributed by atoms with Gasteiger partial charge in [-0.15, -0.1) is 0 Å². The first kappa shape index (κ1) is 16.9. The van der Waals surface area contributed by atoms with Crippen LogP contribution in [0.5, 0.6) is 5.75 Å². The van der Waals surface area contributed by atoms with Crippen molar-refractivity contribution < 1.29 is 13.2 Å². The third kappa shape index (κ3) is 3.16. The van der Waals surface area contributed by atoms with Crippen molar-refractivity contribution in [2.45, 2.75) is 37.6 Å². The van der Waals surface area contributed by atoms with Crippen molar-refractivity contribution in [1.82, 2.24) is 9.29 Å². The highest BCUT2D eigenvalue weighted by Gasteiger charge is 2.36. The zero-order chi connectivity index (χ0) is 17.2. The minimum Gasteiger partial charge on any atom is -0.494 e. The van der Waals surface area contributed by atoms with Crippen molar-refractivity contribution in [1.29, 1.82) is 0 Å². The van der Waals surface area contributed by atoms with Gasteiger partial charge in [-0.05, 0) is 68.1 Å². The van der Waals surface area contributed by atoms with Crippen LogP contribution >= 0.6 is 0 Å². The van der Waals surface area contributed by atoms with Crippen LogP contribution in [-0.2, 0) is 10.0 Å². The molecule has 0 spiro atoms. The van der Waals surface area contributed by atoms with Gasteiger partial charge in [-0.1, -0.05) is 0 Å². The molecule has 0 unspecified atom stereocenters. The van der Waals surface area contributed by atoms with E-state index in [-0.39, 0.29) is 6.04 Å². The normalized spacial score (nSPS) is 18.7. The van der Waals surface area contributed by atoms with Crippen LogP contribution in [0.15, 0.2) is 47.6 Å². The van der Waals surface area contributed by atoms with Crippen molar-refractivity contribution in [3.63, 3.8) is 0 Å². The lowest BCUT2D eigenvalue weighted by Gasteiger charge is -2.24. The van der Waals surface area contributed by atoms with Crippen molar-refractivity contribution in [3.8, 4) is 5.75 Å². The van der Waals surface area contributed by atoms with Crippen LogP contribution in [0, 0.1) is 6.92 Å². The quantitative estimate of drug-likeness (QED) is 0.833. The highest BCUT2D eigenvalue weighted by atomic mass is 32.2. The largest absolute Gasteiger partial charge is 0.494 e. The molecule has 6 heteroatoms. The fourth-order valence-corrected chi connectivity index (χ4v) is 4.95. The summed E-state index contributed by atoms with van der Waals surface area (Å²) >= 11 is 0. The maximum absolute atomic E-state index is 13.1. The molecule has 1 saturated heterocycles. The summed E-state index contributed by atoms with van der Waals surface area (Å²) in [4.78, 5) is 4.34. The van der Waals surface area contributed by atoms with Gasteiger partial charge in [-0.3, -0.25) is 4.98 Å². The number of ether oxygens (including phenoxy) is 1. The van der Waals surface area contributed by atoms with Gasteiger partial charge in [0, 0.05) is 18.9 Å². The third-order valence-electron chi connectivity index (χ3n) is 4.35. The summed E-state index contributed by atoms with van der Waals surface area (Å²) in [6, 6.07) is 8.73. The molecule has 1 aliphatic heterocycles. The molecule has 1 aromatic heterocycles. The Hall–Kier alpha value is -1.92. The van der Waals surface area contributed by atoms with E-state index >= 15 is 0 Å². The Bertz CT molecular complexity index is 806. The predicted octanol–water partition coefficient (Wildman–Crippen LogP) is 3.31. The van der Waals surface area contributed by atoms with Crippen LogP contribution in [0.1, 0.15) is 36.9 Å². The summed E-state index contributed by atoms with van der Waals surface area (Å²) in [6.45, 7) is 4.88. The van der Waals surface area contributed by atoms with Gasteiger partial charge in [0.25, 0.3) is 0 Å². The third-order valence-corrected chi connectivity index (χ3v) is 6.25. The number of nitrogens with zero attached hydrogens (tertiary/aromatic N) is 2. The maximum atomic E-state index is 13.1. The van der Waals surface area contributed by atoms with Gasteiger partial charge in [0.2, 0.25) is 10.0 Å². The van der Waals surface area contributed by atoms with Gasteiger partial charge in [0.1, 0.15) is 5.75 Å². The first-order valence-electron chi connectivity index (χ1n) is 8.19. The molecule has 128 valence electrons. The molecule has 5 nitrogen and oxygen atoms in total. The Morgan fingerprint density at radius 3 is 2.67 bits per heavy atom. The lowest BCUT2D eigenvalue weighted by atomic mass is 10.1. The van der Waals surface area contributed by atoms with Crippen LogP contribution in [0.3, 0.4) is 0 Å². The number of hydrogen-bond acceptors (Lipinski definition) is 4. The first-order valence-corrected chi connectivity index (χ1v) is 9.63. The van der Waals surface area contributed by atoms with Crippen LogP contribution in [0.25, 0.3) is 0 Å². The number of pyridine rings is 1. The Morgan fingerprint density at radius 1 is 1.25 bits per heavy atom. The summed E-state index contributed by atoms with van der Waals surface area (Å²) < 4.78 is 33.3. The number of aromatic nitrogens is 1. The second-order valence-electron chi connectivity index (χ2n) is 5.91. The molecule has 24 heavy (non-hydrogen) atoms. The Kier molecular flexibility index (Phi) is 4.87. The number of benzene rings is 1. The number of aryl methyl sites for hydroxylation is 1. The van der Waals surface area contributed by atoms with Crippen LogP contribution in [-0.4, -0.2) is 30.9 Å². The van der Waals surface area contributed by atoms with Crippen molar-refractivity contribution in [2.75, 3.05) is 13.2 Å². The van der Waals surface area contributed by atoms with Gasteiger partial charge >= 0.3 is 0 Å². The maximum Gasteiger partial charge on any atom is 0.243 e. The van der Waals surface area contributed by atoms with Crippen molar-refractivity contribution in [2.24, 2.45) is 0 Å². The summed E-state index contributed by atoms with van der Waals surface area (Å²) in [5.41, 5.74) is 1.83. The van der Waals surface area contributed by atoms with E-state index in [0.29, 0.717) is 18.0 Å². The van der Waals surface area contributed by atoms with E-state index in [2.05, 4.69) is 4.98 Å². The van der Waals surface area contributed by atoms with E-state index in [9.17, 15) is 8.42 Å². The SMILES string of the molecule is CCOc1ccc(S(=O)(=O)N2CCC[C@@H]2c2ccncc2)cc1C. The summed E-state index contributed by atoms with van der Waals surface area (Å²) in [6.07, 6.45) is 5.11. The van der Waals surface area contributed by atoms with Crippen LogP contribution in [0.4, 0.5) is 0 Å². The zero-order valence-electron chi connectivity index (χ0n) is 14.0. The minimum absolute atomic E-state index is 0.120. The fourth-order valence-electron chi connectivity index (χ4n) is 3.18. The summed E-state index contributed by atoms with van der Waals surface area (Å²) in [7, 11) is -3.53. The molecule has 0 radical (unpaired) electrons. The monoisotopic (exact) mass is 346 g/mol. The molecule has 0 bridgehead atoms. The molecule has 1 aliphatic rings. The van der Waals surface area contributed by atoms with Gasteiger partial charge in [0.15, 0.2) is 0 Å². The predicted molar refractivity (Wildman–Crippen MR) is 92.5 cm³/mol. The highest BCUT2D eigenvalue weighted by molar-refractivity contribution is 7.89. The van der Waals surface area contributed by atoms with Crippen molar-refractivity contribution in [3.05, 3.63) is 53.9 Å². The van der Waals surface area contributed by atoms with Crippen LogP contribution < -0.4 is 4.74 Å². The van der Waals surface area contributed by atoms with E-state index < -0.39 is 10.0 Å². The molecular formula is C18H22N2O3S. The summed E-state index contributed by atoms with van der Waals surface area (Å²) in [5.74, 6) is 0.726. The number of hydrogen-bond donors (Lipinski definition) is 0. The van der Waals surface area contributed by atoms with Crippen molar-refractivity contribution >= 4 is 10.0 Å². The molecule has 3 rings (SSSR count). The number of rotatable bonds is 5. The molecule has 0 aliphatic carbocycles. The lowest BCUT2D eigenvalue weighted by Crippen LogP contribution is -2.30. The molecular weight excluding hydrogens is 324 g/mol. The van der Waals surface area contributed by atoms with Crippen LogP contribution in [0.2, 0.25) is 0 Å². The lowest BCUT2D eigenvalue weighted by molar-refractivity contribution is 0.337. The van der Waals surface area contributed by atoms with Gasteiger partial charge < -0.3 is 4.74 Å². The second-order valence-corrected chi connectivity index (χ2v) is 7.81. The molecule has 0 saturated carbocycles. The summed E-state index contributed by atoms with van der Waals surface area (Å²) in [5, 5.41) is 0. The Morgan fingerprint density at radius 2 is 2.00 bits per heavy atom. The van der Waals surface area contributed by atoms with Gasteiger partial charge in [-0.2, -0.15) is 4.31 Å². The van der Waals surface area contributed by atoms with E-state index in [1.165, 1.54) is 0 Å². The fraction of sp³-hybridized carbons (Fsp3) is 0.389. The standard InChI is InChI=1S/C18H22N2O3S/c1-3-23-18-7-6-16(13-14(18)2)24(21,22)20-12-4-5-17(20)15-8-10-19-11-9-15/h6-11,13,17H,3-5,12H2,1-2H3/t17-/m1/s1. The van der Waals surface area contributed by atoms with Gasteiger partial charge in [-0.25, -0.2) is 8.42 Å². The molecule has 1 aromatic carbocycles. The molecule has 2 aromatic rings. The second kappa shape index (κ2) is 6.91. The number of sulfonamides is 1. The smallest absolute Gasteiger partial charge is 0.243 e. The molecule has 1 atom stereocenters. The van der Waals surface area contributed by atoms with E-state index in [1.54, 1.807) is 34.9 Å². The zero-order valence-corrected chi connectivity index (χ0v) is 14.8. The van der Waals surface area contributed by atoms with E-state index in [4.69, 9.17) is 4.74 Å². The van der Waals surface area contributed by atoms with E-state index in [1.807, 2.05) is 26.0 Å². The molecule has 0 amide bonds. The minimum atomic E-state index is -3.53. The van der Waals surface area contributed by atoms with E-state index in [0.717, 1.165) is 29.7 Å². The first-order chi connectivity index (χ1) is 11.5. The van der Waals surface area contributed by atoms with Gasteiger partial charge in [0.05, 0.1) is 17.5 Å². The average molecular weight is 346 g/mol.